The minimum Gasteiger partial charge on any atom is -0.330 e. The molecule has 0 saturated carbocycles. The number of halogens is 3. The van der Waals surface area contributed by atoms with Crippen molar-refractivity contribution in [2.24, 2.45) is 11.7 Å². The van der Waals surface area contributed by atoms with Crippen LogP contribution in [0.1, 0.15) is 32.6 Å². The third kappa shape index (κ3) is 11.6. The molecule has 15 heavy (non-hydrogen) atoms. The number of nitrogens with two attached hydrogens (primary N) is 1. The molecule has 0 saturated heterocycles. The van der Waals surface area contributed by atoms with E-state index < -0.39 is 12.6 Å². The van der Waals surface area contributed by atoms with Gasteiger partial charge in [-0.1, -0.05) is 6.92 Å². The molecule has 0 radical (unpaired) electrons. The molecule has 0 aliphatic carbocycles. The number of hydrogen-bond acceptors (Lipinski definition) is 2. The van der Waals surface area contributed by atoms with Gasteiger partial charge in [0.1, 0.15) is 0 Å². The van der Waals surface area contributed by atoms with Crippen LogP contribution in [0.4, 0.5) is 13.2 Å². The van der Waals surface area contributed by atoms with Gasteiger partial charge in [0.2, 0.25) is 0 Å². The number of rotatable bonds is 8. The normalized spacial score (nSPS) is 14.2. The van der Waals surface area contributed by atoms with Crippen molar-refractivity contribution in [3.8, 4) is 0 Å². The van der Waals surface area contributed by atoms with E-state index in [1.807, 2.05) is 0 Å². The third-order valence-electron chi connectivity index (χ3n) is 2.21. The molecule has 1 atom stereocenters. The fraction of sp³-hybridized carbons (Fsp3) is 1.00. The molecule has 0 fully saturated rings. The van der Waals surface area contributed by atoms with Crippen molar-refractivity contribution in [3.63, 3.8) is 0 Å². The molecule has 0 aromatic heterocycles. The van der Waals surface area contributed by atoms with Gasteiger partial charge in [-0.15, -0.1) is 0 Å². The van der Waals surface area contributed by atoms with Gasteiger partial charge in [-0.25, -0.2) is 0 Å². The van der Waals surface area contributed by atoms with E-state index in [0.717, 1.165) is 19.4 Å². The first-order valence-corrected chi connectivity index (χ1v) is 5.43. The molecule has 0 heterocycles. The van der Waals surface area contributed by atoms with Crippen LogP contribution in [0, 0.1) is 5.92 Å². The van der Waals surface area contributed by atoms with E-state index in [1.54, 1.807) is 0 Å². The zero-order valence-corrected chi connectivity index (χ0v) is 9.24. The molecule has 0 aromatic carbocycles. The highest BCUT2D eigenvalue weighted by Crippen LogP contribution is 2.20. The third-order valence-corrected chi connectivity index (χ3v) is 2.21. The Balaban J connectivity index is 3.23. The highest BCUT2D eigenvalue weighted by Gasteiger charge is 2.25. The smallest absolute Gasteiger partial charge is 0.330 e. The first-order valence-electron chi connectivity index (χ1n) is 5.43. The molecule has 0 spiro atoms. The molecule has 5 heteroatoms. The minimum absolute atomic E-state index is 0.160. The lowest BCUT2D eigenvalue weighted by atomic mass is 10.1. The van der Waals surface area contributed by atoms with Crippen LogP contribution in [0.15, 0.2) is 0 Å². The lowest BCUT2D eigenvalue weighted by Gasteiger charge is -2.12. The SMILES string of the molecule is CC(CCCN)CNCCCC(F)(F)F. The number of nitrogens with one attached hydrogen (secondary N) is 1. The highest BCUT2D eigenvalue weighted by atomic mass is 19.4. The molecule has 0 aliphatic heterocycles. The fourth-order valence-corrected chi connectivity index (χ4v) is 1.33. The Morgan fingerprint density at radius 1 is 1.27 bits per heavy atom. The predicted molar refractivity (Wildman–Crippen MR) is 55.6 cm³/mol. The van der Waals surface area contributed by atoms with Crippen molar-refractivity contribution in [1.82, 2.24) is 5.32 Å². The summed E-state index contributed by atoms with van der Waals surface area (Å²) >= 11 is 0. The predicted octanol–water partition coefficient (Wildman–Crippen LogP) is 2.29. The molecule has 0 rings (SSSR count). The standard InChI is InChI=1S/C10H21F3N2/c1-9(4-2-6-14)8-15-7-3-5-10(11,12)13/h9,15H,2-8,14H2,1H3. The van der Waals surface area contributed by atoms with E-state index in [-0.39, 0.29) is 6.42 Å². The largest absolute Gasteiger partial charge is 0.389 e. The minimum atomic E-state index is -4.02. The molecule has 3 N–H and O–H groups in total. The van der Waals surface area contributed by atoms with E-state index in [1.165, 1.54) is 0 Å². The van der Waals surface area contributed by atoms with Gasteiger partial charge < -0.3 is 11.1 Å². The van der Waals surface area contributed by atoms with Gasteiger partial charge in [0, 0.05) is 6.42 Å². The van der Waals surface area contributed by atoms with Crippen LogP contribution < -0.4 is 11.1 Å². The van der Waals surface area contributed by atoms with Crippen molar-refractivity contribution in [2.75, 3.05) is 19.6 Å². The van der Waals surface area contributed by atoms with E-state index in [9.17, 15) is 13.2 Å². The lowest BCUT2D eigenvalue weighted by Crippen LogP contribution is -2.24. The zero-order valence-electron chi connectivity index (χ0n) is 9.24. The van der Waals surface area contributed by atoms with Gasteiger partial charge in [0.25, 0.3) is 0 Å². The zero-order chi connectivity index (χ0) is 11.7. The van der Waals surface area contributed by atoms with E-state index in [0.29, 0.717) is 19.0 Å². The van der Waals surface area contributed by atoms with Crippen LogP contribution in [0.2, 0.25) is 0 Å². The molecule has 0 amide bonds. The summed E-state index contributed by atoms with van der Waals surface area (Å²) in [6.07, 6.45) is -2.55. The summed E-state index contributed by atoms with van der Waals surface area (Å²) in [5.74, 6) is 0.486. The Labute approximate surface area is 89.4 Å². The second kappa shape index (κ2) is 7.93. The Bertz CT molecular complexity index is 148. The maximum Gasteiger partial charge on any atom is 0.389 e. The second-order valence-corrected chi connectivity index (χ2v) is 3.96. The van der Waals surface area contributed by atoms with E-state index in [4.69, 9.17) is 5.73 Å². The maximum absolute atomic E-state index is 11.8. The Morgan fingerprint density at radius 3 is 2.47 bits per heavy atom. The molecule has 92 valence electrons. The fourth-order valence-electron chi connectivity index (χ4n) is 1.33. The van der Waals surface area contributed by atoms with Crippen LogP contribution in [0.25, 0.3) is 0 Å². The van der Waals surface area contributed by atoms with Crippen LogP contribution in [-0.2, 0) is 0 Å². The van der Waals surface area contributed by atoms with Crippen LogP contribution in [0.5, 0.6) is 0 Å². The van der Waals surface area contributed by atoms with E-state index >= 15 is 0 Å². The Hall–Kier alpha value is -0.290. The van der Waals surface area contributed by atoms with E-state index in [2.05, 4.69) is 12.2 Å². The number of alkyl halides is 3. The van der Waals surface area contributed by atoms with Crippen LogP contribution >= 0.6 is 0 Å². The van der Waals surface area contributed by atoms with Crippen LogP contribution in [-0.4, -0.2) is 25.8 Å². The van der Waals surface area contributed by atoms with Crippen molar-refractivity contribution in [1.29, 1.82) is 0 Å². The monoisotopic (exact) mass is 226 g/mol. The second-order valence-electron chi connectivity index (χ2n) is 3.96. The molecule has 0 bridgehead atoms. The van der Waals surface area contributed by atoms with Crippen molar-refractivity contribution >= 4 is 0 Å². The lowest BCUT2D eigenvalue weighted by molar-refractivity contribution is -0.135. The van der Waals surface area contributed by atoms with Gasteiger partial charge >= 0.3 is 6.18 Å². The summed E-state index contributed by atoms with van der Waals surface area (Å²) in [5.41, 5.74) is 5.36. The molecule has 0 aromatic rings. The molecule has 2 nitrogen and oxygen atoms in total. The summed E-state index contributed by atoms with van der Waals surface area (Å²) in [6, 6.07) is 0. The first-order chi connectivity index (χ1) is 6.95. The molecular weight excluding hydrogens is 205 g/mol. The van der Waals surface area contributed by atoms with Gasteiger partial charge in [-0.3, -0.25) is 0 Å². The van der Waals surface area contributed by atoms with Crippen molar-refractivity contribution in [3.05, 3.63) is 0 Å². The Kier molecular flexibility index (Phi) is 7.78. The molecule has 1 unspecified atom stereocenters. The summed E-state index contributed by atoms with van der Waals surface area (Å²) in [4.78, 5) is 0. The van der Waals surface area contributed by atoms with Gasteiger partial charge in [-0.05, 0) is 44.8 Å². The number of hydrogen-bond donors (Lipinski definition) is 2. The first kappa shape index (κ1) is 14.7. The summed E-state index contributed by atoms with van der Waals surface area (Å²) in [7, 11) is 0. The highest BCUT2D eigenvalue weighted by molar-refractivity contribution is 4.59. The molecule has 0 aliphatic rings. The average molecular weight is 226 g/mol. The quantitative estimate of drug-likeness (QED) is 0.623. The van der Waals surface area contributed by atoms with Crippen molar-refractivity contribution < 1.29 is 13.2 Å². The van der Waals surface area contributed by atoms with Crippen molar-refractivity contribution in [2.45, 2.75) is 38.8 Å². The van der Waals surface area contributed by atoms with Gasteiger partial charge in [-0.2, -0.15) is 13.2 Å². The molecular formula is C10H21F3N2. The average Bonchev–Trinajstić information content (AvgIpc) is 2.12. The van der Waals surface area contributed by atoms with Gasteiger partial charge in [0.15, 0.2) is 0 Å². The Morgan fingerprint density at radius 2 is 1.93 bits per heavy atom. The topological polar surface area (TPSA) is 38.0 Å². The summed E-state index contributed by atoms with van der Waals surface area (Å²) in [6.45, 7) is 3.97. The summed E-state index contributed by atoms with van der Waals surface area (Å²) in [5, 5.41) is 3.03. The maximum atomic E-state index is 11.8. The van der Waals surface area contributed by atoms with Gasteiger partial charge in [0.05, 0.1) is 0 Å². The van der Waals surface area contributed by atoms with Crippen LogP contribution in [0.3, 0.4) is 0 Å². The summed E-state index contributed by atoms with van der Waals surface area (Å²) < 4.78 is 35.3.